The largest absolute Gasteiger partial charge is 0.388 e. The van der Waals surface area contributed by atoms with Crippen molar-refractivity contribution >= 4 is 9.84 Å². The normalized spacial score (nSPS) is 14.7. The summed E-state index contributed by atoms with van der Waals surface area (Å²) in [6.07, 6.45) is 0.161. The van der Waals surface area contributed by atoms with Gasteiger partial charge in [-0.05, 0) is 6.92 Å². The summed E-state index contributed by atoms with van der Waals surface area (Å²) >= 11 is 0. The van der Waals surface area contributed by atoms with Crippen molar-refractivity contribution in [1.29, 1.82) is 0 Å². The second-order valence-corrected chi connectivity index (χ2v) is 4.64. The molecule has 1 N–H and O–H groups in total. The molecule has 0 bridgehead atoms. The summed E-state index contributed by atoms with van der Waals surface area (Å²) in [5, 5.41) is 8.98. The Morgan fingerprint density at radius 3 is 2.20 bits per heavy atom. The number of aliphatic hydroxyl groups is 1. The Morgan fingerprint density at radius 1 is 1.70 bits per heavy atom. The lowest BCUT2D eigenvalue weighted by Crippen LogP contribution is -2.20. The van der Waals surface area contributed by atoms with Gasteiger partial charge in [-0.25, -0.2) is 8.42 Å². The van der Waals surface area contributed by atoms with Gasteiger partial charge in [0.05, 0.1) is 11.9 Å². The first-order valence-corrected chi connectivity index (χ1v) is 4.90. The number of rotatable bonds is 3. The minimum Gasteiger partial charge on any atom is -0.388 e. The molecule has 0 radical (unpaired) electrons. The van der Waals surface area contributed by atoms with Gasteiger partial charge in [0, 0.05) is 6.26 Å². The summed E-state index contributed by atoms with van der Waals surface area (Å²) in [7, 11) is -3.08. The van der Waals surface area contributed by atoms with Crippen LogP contribution in [-0.4, -0.2) is 31.6 Å². The van der Waals surface area contributed by atoms with Crippen LogP contribution in [-0.2, 0) is 9.84 Å². The Hall–Kier alpha value is -0.350. The van der Waals surface area contributed by atoms with Gasteiger partial charge in [0.1, 0.15) is 9.84 Å². The van der Waals surface area contributed by atoms with Crippen molar-refractivity contribution in [2.24, 2.45) is 0 Å². The fourth-order valence-corrected chi connectivity index (χ4v) is 1.29. The lowest BCUT2D eigenvalue weighted by molar-refractivity contribution is 0.234. The van der Waals surface area contributed by atoms with Gasteiger partial charge in [-0.1, -0.05) is 12.2 Å². The third kappa shape index (κ3) is 4.52. The molecule has 1 unspecified atom stereocenters. The minimum absolute atomic E-state index is 0.234. The van der Waals surface area contributed by atoms with E-state index in [1.165, 1.54) is 0 Å². The van der Waals surface area contributed by atoms with E-state index >= 15 is 0 Å². The van der Waals surface area contributed by atoms with Crippen molar-refractivity contribution in [1.82, 2.24) is 0 Å². The van der Waals surface area contributed by atoms with Crippen molar-refractivity contribution in [3.05, 3.63) is 12.2 Å². The molecular weight excluding hydrogens is 152 g/mol. The van der Waals surface area contributed by atoms with Gasteiger partial charge in [0.2, 0.25) is 0 Å². The lowest BCUT2D eigenvalue weighted by Gasteiger charge is -2.06. The topological polar surface area (TPSA) is 54.4 Å². The van der Waals surface area contributed by atoms with Crippen LogP contribution in [0, 0.1) is 0 Å². The zero-order chi connectivity index (χ0) is 8.36. The maximum atomic E-state index is 10.5. The predicted octanol–water partition coefficient (Wildman–Crippen LogP) is -0.0320. The highest BCUT2D eigenvalue weighted by atomic mass is 32.2. The molecule has 60 valence electrons. The van der Waals surface area contributed by atoms with Crippen LogP contribution >= 0.6 is 0 Å². The molecule has 0 aliphatic rings. The molecule has 0 fully saturated rings. The quantitative estimate of drug-likeness (QED) is 0.596. The molecule has 0 rings (SSSR count). The molecule has 0 aliphatic heterocycles. The van der Waals surface area contributed by atoms with Crippen LogP contribution in [0.15, 0.2) is 12.2 Å². The SMILES string of the molecule is C=C(C)C(O)CS(C)(=O)=O. The van der Waals surface area contributed by atoms with E-state index in [2.05, 4.69) is 6.58 Å². The highest BCUT2D eigenvalue weighted by Gasteiger charge is 2.11. The minimum atomic E-state index is -3.08. The second-order valence-electron chi connectivity index (χ2n) is 2.45. The van der Waals surface area contributed by atoms with Crippen molar-refractivity contribution in [3.63, 3.8) is 0 Å². The van der Waals surface area contributed by atoms with E-state index in [9.17, 15) is 8.42 Å². The van der Waals surface area contributed by atoms with Gasteiger partial charge >= 0.3 is 0 Å². The zero-order valence-electron chi connectivity index (χ0n) is 6.16. The Morgan fingerprint density at radius 2 is 2.10 bits per heavy atom. The first-order chi connectivity index (χ1) is 4.33. The summed E-state index contributed by atoms with van der Waals surface area (Å²) in [6, 6.07) is 0. The second kappa shape index (κ2) is 3.16. The average Bonchev–Trinajstić information content (AvgIpc) is 1.60. The average molecular weight is 164 g/mol. The Balaban J connectivity index is 4.06. The van der Waals surface area contributed by atoms with Crippen LogP contribution in [0.1, 0.15) is 6.92 Å². The molecule has 0 aromatic heterocycles. The van der Waals surface area contributed by atoms with E-state index in [1.807, 2.05) is 0 Å². The molecule has 0 aromatic rings. The van der Waals surface area contributed by atoms with Crippen molar-refractivity contribution in [3.8, 4) is 0 Å². The molecule has 10 heavy (non-hydrogen) atoms. The summed E-state index contributed by atoms with van der Waals surface area (Å²) in [5.74, 6) is -0.234. The summed E-state index contributed by atoms with van der Waals surface area (Å²) < 4.78 is 21.1. The standard InChI is InChI=1S/C6H12O3S/c1-5(2)6(7)4-10(3,8)9/h6-7H,1,4H2,2-3H3. The van der Waals surface area contributed by atoms with Crippen LogP contribution < -0.4 is 0 Å². The van der Waals surface area contributed by atoms with E-state index in [0.29, 0.717) is 5.57 Å². The van der Waals surface area contributed by atoms with Crippen LogP contribution in [0.2, 0.25) is 0 Å². The van der Waals surface area contributed by atoms with E-state index in [-0.39, 0.29) is 5.75 Å². The van der Waals surface area contributed by atoms with Crippen LogP contribution in [0.25, 0.3) is 0 Å². The van der Waals surface area contributed by atoms with Crippen molar-refractivity contribution in [2.45, 2.75) is 13.0 Å². The smallest absolute Gasteiger partial charge is 0.150 e. The Bertz CT molecular complexity index is 215. The maximum absolute atomic E-state index is 10.5. The Labute approximate surface area is 61.3 Å². The van der Waals surface area contributed by atoms with E-state index in [4.69, 9.17) is 5.11 Å². The summed E-state index contributed by atoms with van der Waals surface area (Å²) in [5.41, 5.74) is 0.477. The predicted molar refractivity (Wildman–Crippen MR) is 40.5 cm³/mol. The molecule has 0 aromatic carbocycles. The molecule has 1 atom stereocenters. The first kappa shape index (κ1) is 9.65. The van der Waals surface area contributed by atoms with Crippen molar-refractivity contribution < 1.29 is 13.5 Å². The number of aliphatic hydroxyl groups excluding tert-OH is 1. The van der Waals surface area contributed by atoms with Gasteiger partial charge < -0.3 is 5.11 Å². The Kier molecular flexibility index (Phi) is 3.05. The molecule has 4 heteroatoms. The lowest BCUT2D eigenvalue weighted by atomic mass is 10.2. The number of hydrogen-bond donors (Lipinski definition) is 1. The van der Waals surface area contributed by atoms with Crippen LogP contribution in [0.3, 0.4) is 0 Å². The van der Waals surface area contributed by atoms with E-state index < -0.39 is 15.9 Å². The van der Waals surface area contributed by atoms with Crippen LogP contribution in [0.5, 0.6) is 0 Å². The highest BCUT2D eigenvalue weighted by Crippen LogP contribution is 1.99. The van der Waals surface area contributed by atoms with Crippen molar-refractivity contribution in [2.75, 3.05) is 12.0 Å². The summed E-state index contributed by atoms with van der Waals surface area (Å²) in [6.45, 7) is 5.02. The molecule has 0 spiro atoms. The van der Waals surface area contributed by atoms with Gasteiger partial charge in [0.25, 0.3) is 0 Å². The summed E-state index contributed by atoms with van der Waals surface area (Å²) in [4.78, 5) is 0. The molecule has 0 aliphatic carbocycles. The fraction of sp³-hybridized carbons (Fsp3) is 0.667. The molecule has 0 saturated heterocycles. The monoisotopic (exact) mass is 164 g/mol. The molecular formula is C6H12O3S. The molecule has 0 amide bonds. The van der Waals surface area contributed by atoms with Gasteiger partial charge in [-0.2, -0.15) is 0 Å². The molecule has 0 saturated carbocycles. The number of sulfone groups is 1. The van der Waals surface area contributed by atoms with Gasteiger partial charge in [0.15, 0.2) is 0 Å². The zero-order valence-corrected chi connectivity index (χ0v) is 6.98. The fourth-order valence-electron chi connectivity index (χ4n) is 0.429. The van der Waals surface area contributed by atoms with E-state index in [1.54, 1.807) is 6.92 Å². The van der Waals surface area contributed by atoms with E-state index in [0.717, 1.165) is 6.26 Å². The van der Waals surface area contributed by atoms with Gasteiger partial charge in [-0.3, -0.25) is 0 Å². The molecule has 0 heterocycles. The third-order valence-electron chi connectivity index (χ3n) is 1.03. The van der Waals surface area contributed by atoms with Gasteiger partial charge in [-0.15, -0.1) is 0 Å². The van der Waals surface area contributed by atoms with Crippen LogP contribution in [0.4, 0.5) is 0 Å². The maximum Gasteiger partial charge on any atom is 0.150 e. The third-order valence-corrected chi connectivity index (χ3v) is 1.95. The first-order valence-electron chi connectivity index (χ1n) is 2.84. The number of hydrogen-bond acceptors (Lipinski definition) is 3. The highest BCUT2D eigenvalue weighted by molar-refractivity contribution is 7.90. The molecule has 3 nitrogen and oxygen atoms in total.